The van der Waals surface area contributed by atoms with Crippen LogP contribution < -0.4 is 5.32 Å². The van der Waals surface area contributed by atoms with Gasteiger partial charge in [-0.05, 0) is 63.4 Å². The van der Waals surface area contributed by atoms with Crippen LogP contribution in [0.2, 0.25) is 5.02 Å². The smallest absolute Gasteiger partial charge is 0.410 e. The summed E-state index contributed by atoms with van der Waals surface area (Å²) in [5.74, 6) is -0.0978. The van der Waals surface area contributed by atoms with E-state index >= 15 is 0 Å². The second-order valence-electron chi connectivity index (χ2n) is 9.74. The van der Waals surface area contributed by atoms with Crippen molar-refractivity contribution in [3.8, 4) is 5.69 Å². The molecule has 35 heavy (non-hydrogen) atoms. The van der Waals surface area contributed by atoms with E-state index in [4.69, 9.17) is 16.3 Å². The minimum absolute atomic E-state index is 0.0766. The van der Waals surface area contributed by atoms with Gasteiger partial charge in [0, 0.05) is 30.6 Å². The molecule has 4 rings (SSSR count). The summed E-state index contributed by atoms with van der Waals surface area (Å²) in [6.07, 6.45) is 2.78. The van der Waals surface area contributed by atoms with Crippen molar-refractivity contribution in [2.45, 2.75) is 51.7 Å². The number of nitrogens with zero attached hydrogens (tertiary/aromatic N) is 3. The number of likely N-dealkylation sites (tertiary alicyclic amines) is 1. The molecular weight excluding hydrogens is 464 g/mol. The quantitative estimate of drug-likeness (QED) is 0.503. The summed E-state index contributed by atoms with van der Waals surface area (Å²) in [5.41, 5.74) is 2.75. The number of ether oxygens (including phenoxy) is 1. The van der Waals surface area contributed by atoms with E-state index in [-0.39, 0.29) is 17.9 Å². The molecule has 0 bridgehead atoms. The summed E-state index contributed by atoms with van der Waals surface area (Å²) in [4.78, 5) is 27.5. The van der Waals surface area contributed by atoms with Crippen LogP contribution in [0.3, 0.4) is 0 Å². The normalized spacial score (nSPS) is 14.6. The van der Waals surface area contributed by atoms with Gasteiger partial charge in [0.25, 0.3) is 5.91 Å². The first-order valence-corrected chi connectivity index (χ1v) is 12.2. The van der Waals surface area contributed by atoms with Crippen molar-refractivity contribution in [1.29, 1.82) is 0 Å². The Kier molecular flexibility index (Phi) is 7.45. The van der Waals surface area contributed by atoms with Crippen LogP contribution in [-0.2, 0) is 11.3 Å². The summed E-state index contributed by atoms with van der Waals surface area (Å²) < 4.78 is 7.39. The van der Waals surface area contributed by atoms with Crippen molar-refractivity contribution >= 4 is 23.6 Å². The molecule has 1 aliphatic rings. The Morgan fingerprint density at radius 1 is 1.06 bits per heavy atom. The molecule has 184 valence electrons. The third kappa shape index (κ3) is 6.22. The number of para-hydroxylation sites is 1. The highest BCUT2D eigenvalue weighted by atomic mass is 35.5. The minimum atomic E-state index is -0.533. The number of aromatic nitrogens is 2. The van der Waals surface area contributed by atoms with Gasteiger partial charge in [0.1, 0.15) is 5.60 Å². The van der Waals surface area contributed by atoms with E-state index in [9.17, 15) is 9.59 Å². The average molecular weight is 495 g/mol. The molecule has 0 spiro atoms. The van der Waals surface area contributed by atoms with Crippen LogP contribution >= 0.6 is 11.6 Å². The van der Waals surface area contributed by atoms with Crippen molar-refractivity contribution in [2.24, 2.45) is 0 Å². The highest BCUT2D eigenvalue weighted by molar-refractivity contribution is 6.30. The minimum Gasteiger partial charge on any atom is -0.444 e. The number of benzene rings is 2. The summed E-state index contributed by atoms with van der Waals surface area (Å²) in [7, 11) is 0. The molecule has 0 saturated carbocycles. The Labute approximate surface area is 211 Å². The Hall–Kier alpha value is -3.32. The average Bonchev–Trinajstić information content (AvgIpc) is 3.28. The van der Waals surface area contributed by atoms with Crippen LogP contribution in [0.25, 0.3) is 5.69 Å². The van der Waals surface area contributed by atoms with Gasteiger partial charge in [0.05, 0.1) is 23.1 Å². The Morgan fingerprint density at radius 2 is 1.71 bits per heavy atom. The molecule has 8 heteroatoms. The fourth-order valence-electron chi connectivity index (χ4n) is 4.24. The molecule has 0 atom stereocenters. The van der Waals surface area contributed by atoms with Crippen LogP contribution in [-0.4, -0.2) is 45.4 Å². The molecule has 1 saturated heterocycles. The van der Waals surface area contributed by atoms with Crippen molar-refractivity contribution in [1.82, 2.24) is 20.0 Å². The maximum atomic E-state index is 13.2. The van der Waals surface area contributed by atoms with Crippen molar-refractivity contribution in [2.75, 3.05) is 13.1 Å². The fourth-order valence-corrected chi connectivity index (χ4v) is 4.37. The van der Waals surface area contributed by atoms with Gasteiger partial charge in [-0.15, -0.1) is 0 Å². The van der Waals surface area contributed by atoms with E-state index in [1.54, 1.807) is 23.2 Å². The van der Waals surface area contributed by atoms with Crippen molar-refractivity contribution < 1.29 is 14.3 Å². The Balaban J connectivity index is 1.54. The topological polar surface area (TPSA) is 76.5 Å². The van der Waals surface area contributed by atoms with Crippen LogP contribution in [0, 0.1) is 0 Å². The van der Waals surface area contributed by atoms with Gasteiger partial charge < -0.3 is 15.0 Å². The summed E-state index contributed by atoms with van der Waals surface area (Å²) in [6.45, 7) is 7.11. The van der Waals surface area contributed by atoms with Crippen molar-refractivity contribution in [3.05, 3.63) is 82.6 Å². The largest absolute Gasteiger partial charge is 0.444 e. The molecule has 0 aliphatic carbocycles. The Morgan fingerprint density at radius 3 is 2.34 bits per heavy atom. The van der Waals surface area contributed by atoms with E-state index in [0.29, 0.717) is 30.2 Å². The van der Waals surface area contributed by atoms with Gasteiger partial charge in [-0.25, -0.2) is 9.48 Å². The molecule has 0 radical (unpaired) electrons. The van der Waals surface area contributed by atoms with Crippen LogP contribution in [0.5, 0.6) is 0 Å². The van der Waals surface area contributed by atoms with E-state index in [1.165, 1.54) is 0 Å². The number of halogens is 1. The molecule has 2 heterocycles. The lowest BCUT2D eigenvalue weighted by molar-refractivity contribution is 0.0203. The highest BCUT2D eigenvalue weighted by Gasteiger charge is 2.32. The maximum Gasteiger partial charge on any atom is 0.410 e. The van der Waals surface area contributed by atoms with E-state index in [0.717, 1.165) is 29.8 Å². The van der Waals surface area contributed by atoms with Crippen LogP contribution in [0.4, 0.5) is 4.79 Å². The van der Waals surface area contributed by atoms with E-state index in [2.05, 4.69) is 10.4 Å². The molecular formula is C27H31ClN4O3. The van der Waals surface area contributed by atoms with Gasteiger partial charge in [-0.1, -0.05) is 41.9 Å². The molecule has 2 aromatic carbocycles. The lowest BCUT2D eigenvalue weighted by atomic mass is 9.91. The molecule has 1 aliphatic heterocycles. The third-order valence-electron chi connectivity index (χ3n) is 5.95. The third-order valence-corrected chi connectivity index (χ3v) is 6.20. The molecule has 2 amide bonds. The van der Waals surface area contributed by atoms with Gasteiger partial charge in [-0.2, -0.15) is 5.10 Å². The zero-order valence-electron chi connectivity index (χ0n) is 20.3. The van der Waals surface area contributed by atoms with Gasteiger partial charge >= 0.3 is 6.09 Å². The number of carbonyl (C=O) groups is 2. The van der Waals surface area contributed by atoms with E-state index in [1.807, 2.05) is 67.9 Å². The zero-order valence-corrected chi connectivity index (χ0v) is 21.1. The molecule has 3 aromatic rings. The van der Waals surface area contributed by atoms with Crippen LogP contribution in [0.1, 0.15) is 61.1 Å². The summed E-state index contributed by atoms with van der Waals surface area (Å²) >= 11 is 5.97. The lowest BCUT2D eigenvalue weighted by Crippen LogP contribution is -2.41. The van der Waals surface area contributed by atoms with Gasteiger partial charge in [0.15, 0.2) is 0 Å². The highest BCUT2D eigenvalue weighted by Crippen LogP contribution is 2.32. The standard InChI is InChI=1S/C27H31ClN4O3/c1-27(2,3)35-26(34)31-15-13-20(14-16-31)24-23(18-30-32(24)22-7-5-4-6-8-22)25(33)29-17-19-9-11-21(28)12-10-19/h4-12,18,20H,13-17H2,1-3H3,(H,29,33). The molecule has 1 N–H and O–H groups in total. The maximum absolute atomic E-state index is 13.2. The molecule has 1 fully saturated rings. The predicted octanol–water partition coefficient (Wildman–Crippen LogP) is 5.57. The number of rotatable bonds is 5. The summed E-state index contributed by atoms with van der Waals surface area (Å²) in [6, 6.07) is 17.2. The second-order valence-corrected chi connectivity index (χ2v) is 10.2. The Bertz CT molecular complexity index is 1160. The van der Waals surface area contributed by atoms with Crippen LogP contribution in [0.15, 0.2) is 60.8 Å². The predicted molar refractivity (Wildman–Crippen MR) is 136 cm³/mol. The van der Waals surface area contributed by atoms with E-state index < -0.39 is 5.60 Å². The van der Waals surface area contributed by atoms with Crippen molar-refractivity contribution in [3.63, 3.8) is 0 Å². The first-order valence-electron chi connectivity index (χ1n) is 11.8. The monoisotopic (exact) mass is 494 g/mol. The second kappa shape index (κ2) is 10.5. The number of hydrogen-bond acceptors (Lipinski definition) is 4. The SMILES string of the molecule is CC(C)(C)OC(=O)N1CCC(c2c(C(=O)NCc3ccc(Cl)cc3)cnn2-c2ccccc2)CC1. The number of hydrogen-bond donors (Lipinski definition) is 1. The number of amides is 2. The number of nitrogens with one attached hydrogen (secondary N) is 1. The number of piperidine rings is 1. The summed E-state index contributed by atoms with van der Waals surface area (Å²) in [5, 5.41) is 8.25. The molecule has 1 aromatic heterocycles. The lowest BCUT2D eigenvalue weighted by Gasteiger charge is -2.34. The van der Waals surface area contributed by atoms with Gasteiger partial charge in [0.2, 0.25) is 0 Å². The molecule has 7 nitrogen and oxygen atoms in total. The number of carbonyl (C=O) groups excluding carboxylic acids is 2. The zero-order chi connectivity index (χ0) is 25.0. The first kappa shape index (κ1) is 24.8. The fraction of sp³-hybridized carbons (Fsp3) is 0.370. The van der Waals surface area contributed by atoms with Gasteiger partial charge in [-0.3, -0.25) is 4.79 Å². The first-order chi connectivity index (χ1) is 16.7. The molecule has 0 unspecified atom stereocenters.